The van der Waals surface area contributed by atoms with E-state index in [4.69, 9.17) is 0 Å². The van der Waals surface area contributed by atoms with E-state index in [0.717, 1.165) is 12.8 Å². The lowest BCUT2D eigenvalue weighted by Crippen LogP contribution is -2.24. The van der Waals surface area contributed by atoms with Crippen LogP contribution in [0.25, 0.3) is 0 Å². The van der Waals surface area contributed by atoms with Gasteiger partial charge in [0.2, 0.25) is 0 Å². The maximum Gasteiger partial charge on any atom is 0.0799 e. The molecule has 0 spiro atoms. The molecule has 2 N–H and O–H groups in total. The van der Waals surface area contributed by atoms with Crippen LogP contribution >= 0.6 is 0 Å². The quantitative estimate of drug-likeness (QED) is 0.564. The van der Waals surface area contributed by atoms with Gasteiger partial charge in [-0.25, -0.2) is 0 Å². The van der Waals surface area contributed by atoms with Crippen molar-refractivity contribution in [2.45, 2.75) is 77.4 Å². The molecule has 0 bridgehead atoms. The summed E-state index contributed by atoms with van der Waals surface area (Å²) in [6, 6.07) is 0. The molecule has 2 heteroatoms. The van der Waals surface area contributed by atoms with Gasteiger partial charge in [0, 0.05) is 0 Å². The van der Waals surface area contributed by atoms with Gasteiger partial charge in [0.25, 0.3) is 0 Å². The summed E-state index contributed by atoms with van der Waals surface area (Å²) >= 11 is 0. The number of aliphatic hydroxyl groups excluding tert-OH is 2. The van der Waals surface area contributed by atoms with Crippen molar-refractivity contribution < 1.29 is 10.2 Å². The number of hydrogen-bond donors (Lipinski definition) is 2. The monoisotopic (exact) mass is 202 g/mol. The molecule has 0 amide bonds. The van der Waals surface area contributed by atoms with E-state index in [1.54, 1.807) is 0 Å². The second kappa shape index (κ2) is 9.47. The minimum atomic E-state index is -0.523. The van der Waals surface area contributed by atoms with Gasteiger partial charge < -0.3 is 10.2 Å². The second-order valence-electron chi connectivity index (χ2n) is 4.10. The molecule has 0 aliphatic heterocycles. The summed E-state index contributed by atoms with van der Waals surface area (Å²) in [5.41, 5.74) is 0. The zero-order chi connectivity index (χ0) is 10.8. The first kappa shape index (κ1) is 13.9. The standard InChI is InChI=1S/C12H26O2/c1-3-5-6-7-8-9-10-12(14)11(13)4-2/h11-14H,3-10H2,1-2H3/t11-,12-/m1/s1. The van der Waals surface area contributed by atoms with E-state index in [1.807, 2.05) is 6.92 Å². The highest BCUT2D eigenvalue weighted by molar-refractivity contribution is 4.65. The van der Waals surface area contributed by atoms with Gasteiger partial charge in [0.05, 0.1) is 12.2 Å². The van der Waals surface area contributed by atoms with E-state index in [1.165, 1.54) is 32.1 Å². The molecule has 0 rings (SSSR count). The molecule has 14 heavy (non-hydrogen) atoms. The topological polar surface area (TPSA) is 40.5 Å². The SMILES string of the molecule is CCCCCCCC[C@@H](O)[C@H](O)CC. The fourth-order valence-corrected chi connectivity index (χ4v) is 1.60. The van der Waals surface area contributed by atoms with Crippen LogP contribution in [0.4, 0.5) is 0 Å². The van der Waals surface area contributed by atoms with Crippen molar-refractivity contribution in [1.82, 2.24) is 0 Å². The Labute approximate surface area is 88.3 Å². The van der Waals surface area contributed by atoms with Gasteiger partial charge in [-0.1, -0.05) is 52.4 Å². The first-order valence-electron chi connectivity index (χ1n) is 6.08. The van der Waals surface area contributed by atoms with E-state index in [-0.39, 0.29) is 0 Å². The van der Waals surface area contributed by atoms with Crippen LogP contribution in [0.3, 0.4) is 0 Å². The Hall–Kier alpha value is -0.0800. The molecule has 0 aromatic rings. The fourth-order valence-electron chi connectivity index (χ4n) is 1.60. The van der Waals surface area contributed by atoms with Crippen LogP contribution in [0.15, 0.2) is 0 Å². The maximum atomic E-state index is 9.47. The molecular formula is C12H26O2. The summed E-state index contributed by atoms with van der Waals surface area (Å²) in [5.74, 6) is 0. The molecule has 0 unspecified atom stereocenters. The van der Waals surface area contributed by atoms with Crippen molar-refractivity contribution in [3.63, 3.8) is 0 Å². The highest BCUT2D eigenvalue weighted by Crippen LogP contribution is 2.11. The largest absolute Gasteiger partial charge is 0.390 e. The Balaban J connectivity index is 3.18. The van der Waals surface area contributed by atoms with Gasteiger partial charge in [-0.05, 0) is 12.8 Å². The van der Waals surface area contributed by atoms with Crippen molar-refractivity contribution in [3.05, 3.63) is 0 Å². The third-order valence-electron chi connectivity index (χ3n) is 2.72. The Morgan fingerprint density at radius 3 is 1.93 bits per heavy atom. The summed E-state index contributed by atoms with van der Waals surface area (Å²) in [4.78, 5) is 0. The fraction of sp³-hybridized carbons (Fsp3) is 1.00. The third kappa shape index (κ3) is 7.34. The number of aliphatic hydroxyl groups is 2. The second-order valence-corrected chi connectivity index (χ2v) is 4.10. The van der Waals surface area contributed by atoms with Crippen LogP contribution in [0.5, 0.6) is 0 Å². The molecule has 0 saturated heterocycles. The Kier molecular flexibility index (Phi) is 9.42. The lowest BCUT2D eigenvalue weighted by atomic mass is 10.0. The number of rotatable bonds is 9. The normalized spacial score (nSPS) is 15.4. The molecule has 0 aliphatic carbocycles. The Bertz CT molecular complexity index is 115. The molecule has 0 aromatic heterocycles. The average molecular weight is 202 g/mol. The van der Waals surface area contributed by atoms with E-state index in [2.05, 4.69) is 6.92 Å². The summed E-state index contributed by atoms with van der Waals surface area (Å²) in [6.07, 6.45) is 7.77. The van der Waals surface area contributed by atoms with Crippen molar-refractivity contribution in [1.29, 1.82) is 0 Å². The van der Waals surface area contributed by atoms with Crippen LogP contribution in [0.2, 0.25) is 0 Å². The number of unbranched alkanes of at least 4 members (excludes halogenated alkanes) is 5. The third-order valence-corrected chi connectivity index (χ3v) is 2.72. The van der Waals surface area contributed by atoms with Gasteiger partial charge in [-0.3, -0.25) is 0 Å². The molecule has 0 heterocycles. The van der Waals surface area contributed by atoms with Crippen molar-refractivity contribution >= 4 is 0 Å². The van der Waals surface area contributed by atoms with E-state index >= 15 is 0 Å². The molecule has 0 fully saturated rings. The molecule has 2 nitrogen and oxygen atoms in total. The van der Waals surface area contributed by atoms with Crippen LogP contribution in [0.1, 0.15) is 65.2 Å². The van der Waals surface area contributed by atoms with Crippen LogP contribution in [-0.4, -0.2) is 22.4 Å². The Morgan fingerprint density at radius 2 is 1.36 bits per heavy atom. The number of hydrogen-bond acceptors (Lipinski definition) is 2. The summed E-state index contributed by atoms with van der Waals surface area (Å²) in [5, 5.41) is 18.8. The van der Waals surface area contributed by atoms with Crippen molar-refractivity contribution in [2.75, 3.05) is 0 Å². The first-order valence-corrected chi connectivity index (χ1v) is 6.08. The van der Waals surface area contributed by atoms with E-state index in [0.29, 0.717) is 6.42 Å². The predicted molar refractivity (Wildman–Crippen MR) is 60.3 cm³/mol. The predicted octanol–water partition coefficient (Wildman–Crippen LogP) is 2.87. The molecule has 0 saturated carbocycles. The van der Waals surface area contributed by atoms with Crippen LogP contribution < -0.4 is 0 Å². The van der Waals surface area contributed by atoms with Crippen molar-refractivity contribution in [2.24, 2.45) is 0 Å². The first-order chi connectivity index (χ1) is 6.72. The van der Waals surface area contributed by atoms with Gasteiger partial charge in [0.15, 0.2) is 0 Å². The maximum absolute atomic E-state index is 9.47. The van der Waals surface area contributed by atoms with Crippen molar-refractivity contribution in [3.8, 4) is 0 Å². The zero-order valence-electron chi connectivity index (χ0n) is 9.71. The lowest BCUT2D eigenvalue weighted by Gasteiger charge is -2.15. The highest BCUT2D eigenvalue weighted by Gasteiger charge is 2.12. The Morgan fingerprint density at radius 1 is 0.786 bits per heavy atom. The van der Waals surface area contributed by atoms with E-state index < -0.39 is 12.2 Å². The summed E-state index contributed by atoms with van der Waals surface area (Å²) < 4.78 is 0. The minimum absolute atomic E-state index is 0.508. The summed E-state index contributed by atoms with van der Waals surface area (Å²) in [6.45, 7) is 4.11. The highest BCUT2D eigenvalue weighted by atomic mass is 16.3. The van der Waals surface area contributed by atoms with Gasteiger partial charge in [-0.15, -0.1) is 0 Å². The smallest absolute Gasteiger partial charge is 0.0799 e. The van der Waals surface area contributed by atoms with Gasteiger partial charge in [-0.2, -0.15) is 0 Å². The van der Waals surface area contributed by atoms with Crippen LogP contribution in [0, 0.1) is 0 Å². The van der Waals surface area contributed by atoms with E-state index in [9.17, 15) is 10.2 Å². The molecule has 0 aromatic carbocycles. The summed E-state index contributed by atoms with van der Waals surface area (Å²) in [7, 11) is 0. The van der Waals surface area contributed by atoms with Gasteiger partial charge >= 0.3 is 0 Å². The molecule has 2 atom stereocenters. The molecule has 0 aliphatic rings. The molecular weight excluding hydrogens is 176 g/mol. The lowest BCUT2D eigenvalue weighted by molar-refractivity contribution is 0.0114. The molecule has 86 valence electrons. The molecule has 0 radical (unpaired) electrons. The zero-order valence-corrected chi connectivity index (χ0v) is 9.71. The minimum Gasteiger partial charge on any atom is -0.390 e. The van der Waals surface area contributed by atoms with Crippen LogP contribution in [-0.2, 0) is 0 Å². The average Bonchev–Trinajstić information content (AvgIpc) is 2.21. The van der Waals surface area contributed by atoms with Gasteiger partial charge in [0.1, 0.15) is 0 Å².